The molecule has 2 rings (SSSR count). The van der Waals surface area contributed by atoms with Gasteiger partial charge in [0.15, 0.2) is 0 Å². The largest absolute Gasteiger partial charge is 0.497 e. The highest BCUT2D eigenvalue weighted by atomic mass is 16.5. The minimum atomic E-state index is -1.66. The van der Waals surface area contributed by atoms with Gasteiger partial charge in [0.05, 0.1) is 19.8 Å². The lowest BCUT2D eigenvalue weighted by Crippen LogP contribution is -2.52. The van der Waals surface area contributed by atoms with Crippen LogP contribution in [0.4, 0.5) is 0 Å². The summed E-state index contributed by atoms with van der Waals surface area (Å²) in [6.45, 7) is 1.15. The van der Waals surface area contributed by atoms with Gasteiger partial charge in [0.2, 0.25) is 5.60 Å². The average molecular weight is 267 g/mol. The van der Waals surface area contributed by atoms with Gasteiger partial charge in [-0.25, -0.2) is 0 Å². The number of nitrogens with zero attached hydrogens (tertiary/aromatic N) is 1. The number of allylic oxidation sites excluding steroid dienone is 2. The first-order valence-corrected chi connectivity index (χ1v) is 6.58. The van der Waals surface area contributed by atoms with Crippen LogP contribution in [0.1, 0.15) is 19.3 Å². The SMILES string of the molecule is COC[C@@H]1CCCN1C(=O)[C@]1(O)C=CCC=C1OC. The van der Waals surface area contributed by atoms with Crippen molar-refractivity contribution in [3.63, 3.8) is 0 Å². The molecule has 0 saturated carbocycles. The summed E-state index contributed by atoms with van der Waals surface area (Å²) in [7, 11) is 3.09. The van der Waals surface area contributed by atoms with Gasteiger partial charge in [-0.3, -0.25) is 4.79 Å². The zero-order chi connectivity index (χ0) is 13.9. The third-order valence-electron chi connectivity index (χ3n) is 3.72. The van der Waals surface area contributed by atoms with Gasteiger partial charge in [-0.15, -0.1) is 0 Å². The van der Waals surface area contributed by atoms with Crippen molar-refractivity contribution < 1.29 is 19.4 Å². The van der Waals surface area contributed by atoms with Crippen LogP contribution in [0.5, 0.6) is 0 Å². The maximum absolute atomic E-state index is 12.6. The van der Waals surface area contributed by atoms with E-state index in [0.29, 0.717) is 25.3 Å². The Bertz CT molecular complexity index is 404. The van der Waals surface area contributed by atoms with E-state index in [4.69, 9.17) is 9.47 Å². The number of amides is 1. The molecule has 1 N–H and O–H groups in total. The molecule has 0 aromatic rings. The smallest absolute Gasteiger partial charge is 0.266 e. The molecule has 1 amide bonds. The Labute approximate surface area is 113 Å². The Morgan fingerprint density at radius 1 is 1.58 bits per heavy atom. The van der Waals surface area contributed by atoms with Crippen molar-refractivity contribution in [1.29, 1.82) is 0 Å². The molecule has 2 atom stereocenters. The van der Waals surface area contributed by atoms with Crippen LogP contribution in [0.3, 0.4) is 0 Å². The van der Waals surface area contributed by atoms with Gasteiger partial charge in [0.1, 0.15) is 5.76 Å². The average Bonchev–Trinajstić information content (AvgIpc) is 2.87. The quantitative estimate of drug-likeness (QED) is 0.767. The predicted octanol–water partition coefficient (Wildman–Crippen LogP) is 0.845. The number of likely N-dealkylation sites (tertiary alicyclic amines) is 1. The maximum Gasteiger partial charge on any atom is 0.266 e. The second-order valence-electron chi connectivity index (χ2n) is 4.93. The number of methoxy groups -OCH3 is 2. The zero-order valence-corrected chi connectivity index (χ0v) is 11.5. The molecule has 106 valence electrons. The van der Waals surface area contributed by atoms with Crippen LogP contribution < -0.4 is 0 Å². The molecule has 5 nitrogen and oxygen atoms in total. The lowest BCUT2D eigenvalue weighted by Gasteiger charge is -2.34. The fourth-order valence-corrected chi connectivity index (χ4v) is 2.75. The topological polar surface area (TPSA) is 59.0 Å². The molecule has 0 bridgehead atoms. The summed E-state index contributed by atoms with van der Waals surface area (Å²) in [6.07, 6.45) is 7.55. The van der Waals surface area contributed by atoms with E-state index in [1.807, 2.05) is 0 Å². The van der Waals surface area contributed by atoms with E-state index in [9.17, 15) is 9.90 Å². The van der Waals surface area contributed by atoms with Crippen LogP contribution in [0.15, 0.2) is 24.0 Å². The second kappa shape index (κ2) is 5.75. The molecule has 2 aliphatic rings. The molecule has 1 heterocycles. The van der Waals surface area contributed by atoms with Crippen LogP contribution in [0.25, 0.3) is 0 Å². The first-order chi connectivity index (χ1) is 9.13. The van der Waals surface area contributed by atoms with E-state index in [0.717, 1.165) is 12.8 Å². The Hall–Kier alpha value is -1.33. The molecule has 19 heavy (non-hydrogen) atoms. The van der Waals surface area contributed by atoms with Crippen LogP contribution in [0.2, 0.25) is 0 Å². The maximum atomic E-state index is 12.6. The standard InChI is InChI=1S/C14H21NO4/c1-18-10-11-6-5-9-15(11)13(16)14(17)8-4-3-7-12(14)19-2/h4,7-8,11,17H,3,5-6,9-10H2,1-2H3/t11-,14-/m0/s1. The van der Waals surface area contributed by atoms with Crippen molar-refractivity contribution in [2.24, 2.45) is 0 Å². The van der Waals surface area contributed by atoms with Gasteiger partial charge >= 0.3 is 0 Å². The summed E-state index contributed by atoms with van der Waals surface area (Å²) in [4.78, 5) is 14.3. The summed E-state index contributed by atoms with van der Waals surface area (Å²) >= 11 is 0. The van der Waals surface area contributed by atoms with Gasteiger partial charge in [-0.1, -0.05) is 6.08 Å². The first kappa shape index (κ1) is 14.1. The van der Waals surface area contributed by atoms with Crippen LogP contribution >= 0.6 is 0 Å². The highest BCUT2D eigenvalue weighted by Gasteiger charge is 2.45. The van der Waals surface area contributed by atoms with Gasteiger partial charge in [0, 0.05) is 13.7 Å². The van der Waals surface area contributed by atoms with Crippen LogP contribution in [0, 0.1) is 0 Å². The lowest BCUT2D eigenvalue weighted by molar-refractivity contribution is -0.148. The number of aliphatic hydroxyl groups is 1. The summed E-state index contributed by atoms with van der Waals surface area (Å²) in [5.41, 5.74) is -1.66. The lowest BCUT2D eigenvalue weighted by atomic mass is 9.93. The van der Waals surface area contributed by atoms with Crippen molar-refractivity contribution in [3.05, 3.63) is 24.0 Å². The van der Waals surface area contributed by atoms with Crippen molar-refractivity contribution in [3.8, 4) is 0 Å². The number of carbonyl (C=O) groups is 1. The first-order valence-electron chi connectivity index (χ1n) is 6.58. The fraction of sp³-hybridized carbons (Fsp3) is 0.643. The van der Waals surface area contributed by atoms with Gasteiger partial charge in [-0.05, 0) is 31.4 Å². The highest BCUT2D eigenvalue weighted by Crippen LogP contribution is 2.30. The van der Waals surface area contributed by atoms with E-state index in [1.54, 1.807) is 24.2 Å². The number of carbonyl (C=O) groups excluding carboxylic acids is 1. The molecule has 1 saturated heterocycles. The van der Waals surface area contributed by atoms with Crippen molar-refractivity contribution in [1.82, 2.24) is 4.90 Å². The van der Waals surface area contributed by atoms with E-state index in [2.05, 4.69) is 0 Å². The summed E-state index contributed by atoms with van der Waals surface area (Å²) in [6, 6.07) is 0.0370. The van der Waals surface area contributed by atoms with E-state index < -0.39 is 5.60 Å². The molecule has 0 aromatic heterocycles. The third-order valence-corrected chi connectivity index (χ3v) is 3.72. The number of hydrogen-bond donors (Lipinski definition) is 1. The van der Waals surface area contributed by atoms with Gasteiger partial charge < -0.3 is 19.5 Å². The van der Waals surface area contributed by atoms with E-state index >= 15 is 0 Å². The Kier molecular flexibility index (Phi) is 4.27. The minimum absolute atomic E-state index is 0.0370. The monoisotopic (exact) mass is 267 g/mol. The van der Waals surface area contributed by atoms with Crippen molar-refractivity contribution in [2.45, 2.75) is 30.9 Å². The van der Waals surface area contributed by atoms with Crippen LogP contribution in [-0.4, -0.2) is 54.9 Å². The van der Waals surface area contributed by atoms with Gasteiger partial charge in [0.25, 0.3) is 5.91 Å². The Morgan fingerprint density at radius 3 is 3.05 bits per heavy atom. The highest BCUT2D eigenvalue weighted by molar-refractivity contribution is 5.91. The van der Waals surface area contributed by atoms with Crippen molar-refractivity contribution >= 4 is 5.91 Å². The molecular formula is C14H21NO4. The second-order valence-corrected chi connectivity index (χ2v) is 4.93. The molecule has 0 spiro atoms. The van der Waals surface area contributed by atoms with Crippen molar-refractivity contribution in [2.75, 3.05) is 27.4 Å². The normalized spacial score (nSPS) is 30.4. The third kappa shape index (κ3) is 2.53. The molecular weight excluding hydrogens is 246 g/mol. The van der Waals surface area contributed by atoms with Gasteiger partial charge in [-0.2, -0.15) is 0 Å². The zero-order valence-electron chi connectivity index (χ0n) is 11.5. The molecule has 0 radical (unpaired) electrons. The summed E-state index contributed by atoms with van der Waals surface area (Å²) < 4.78 is 10.3. The number of ether oxygens (including phenoxy) is 2. The van der Waals surface area contributed by atoms with E-state index in [-0.39, 0.29) is 11.9 Å². The molecule has 1 fully saturated rings. The fourth-order valence-electron chi connectivity index (χ4n) is 2.75. The predicted molar refractivity (Wildman–Crippen MR) is 70.4 cm³/mol. The molecule has 1 aliphatic heterocycles. The summed E-state index contributed by atoms with van der Waals surface area (Å²) in [5.74, 6) is -0.0147. The minimum Gasteiger partial charge on any atom is -0.497 e. The van der Waals surface area contributed by atoms with E-state index in [1.165, 1.54) is 13.2 Å². The molecule has 0 unspecified atom stereocenters. The molecule has 1 aliphatic carbocycles. The summed E-state index contributed by atoms with van der Waals surface area (Å²) in [5, 5.41) is 10.6. The molecule has 5 heteroatoms. The number of rotatable bonds is 4. The Balaban J connectivity index is 2.20. The molecule has 0 aromatic carbocycles. The number of hydrogen-bond acceptors (Lipinski definition) is 4. The van der Waals surface area contributed by atoms with Crippen LogP contribution in [-0.2, 0) is 14.3 Å². The Morgan fingerprint density at radius 2 is 2.37 bits per heavy atom.